The monoisotopic (exact) mass is 315 g/mol. The summed E-state index contributed by atoms with van der Waals surface area (Å²) >= 11 is 1.61. The zero-order chi connectivity index (χ0) is 15.9. The molecule has 1 N–H and O–H groups in total. The van der Waals surface area contributed by atoms with Gasteiger partial charge in [-0.3, -0.25) is 4.79 Å². The first kappa shape index (κ1) is 15.4. The Morgan fingerprint density at radius 3 is 2.68 bits per heavy atom. The Bertz CT molecular complexity index is 690. The van der Waals surface area contributed by atoms with Crippen LogP contribution in [0.4, 0.5) is 0 Å². The molecule has 3 rings (SSSR count). The number of carbonyl (C=O) groups is 1. The van der Waals surface area contributed by atoms with Gasteiger partial charge >= 0.3 is 0 Å². The van der Waals surface area contributed by atoms with Crippen LogP contribution in [0.3, 0.4) is 0 Å². The van der Waals surface area contributed by atoms with Crippen LogP contribution >= 0.6 is 11.8 Å². The Kier molecular flexibility index (Phi) is 4.15. The lowest BCUT2D eigenvalue weighted by molar-refractivity contribution is 0.101. The molecule has 1 aromatic rings. The number of allylic oxidation sites excluding steroid dienone is 2. The van der Waals surface area contributed by atoms with Crippen LogP contribution in [0, 0.1) is 0 Å². The lowest BCUT2D eigenvalue weighted by atomic mass is 10.1. The Hall–Kier alpha value is -1.52. The number of benzene rings is 1. The van der Waals surface area contributed by atoms with Crippen molar-refractivity contribution >= 4 is 17.5 Å². The number of rotatable bonds is 3. The Balaban J connectivity index is 2.05. The molecule has 0 saturated heterocycles. The largest absolute Gasteiger partial charge is 0.383 e. The zero-order valence-electron chi connectivity index (χ0n) is 13.2. The van der Waals surface area contributed by atoms with Gasteiger partial charge in [0, 0.05) is 22.7 Å². The van der Waals surface area contributed by atoms with Crippen molar-refractivity contribution < 1.29 is 9.90 Å². The summed E-state index contributed by atoms with van der Waals surface area (Å²) in [5.74, 6) is -0.0328. The normalized spacial score (nSPS) is 24.5. The van der Waals surface area contributed by atoms with E-state index in [1.54, 1.807) is 17.8 Å². The van der Waals surface area contributed by atoms with Crippen molar-refractivity contribution in [2.75, 3.05) is 6.54 Å². The molecule has 0 bridgehead atoms. The molecular formula is C18H21NO2S. The van der Waals surface area contributed by atoms with Crippen molar-refractivity contribution in [2.45, 2.75) is 39.7 Å². The predicted octanol–water partition coefficient (Wildman–Crippen LogP) is 4.23. The minimum atomic E-state index is -0.811. The third-order valence-corrected chi connectivity index (χ3v) is 5.63. The second-order valence-electron chi connectivity index (χ2n) is 5.79. The molecule has 1 aromatic carbocycles. The number of thioether (sulfide) groups is 1. The number of Topliss-reactive ketones (excluding diaryl/α,β-unsaturated/α-hetero) is 1. The molecule has 0 amide bonds. The Morgan fingerprint density at radius 1 is 1.27 bits per heavy atom. The SMILES string of the molecule is CCCCN1C(C)=C(C)SC1=C1C(=O)c2ccccc2C1O. The molecule has 116 valence electrons. The number of ketones is 1. The van der Waals surface area contributed by atoms with Gasteiger partial charge in [-0.2, -0.15) is 0 Å². The fourth-order valence-electron chi connectivity index (χ4n) is 2.98. The minimum Gasteiger partial charge on any atom is -0.383 e. The number of carbonyl (C=O) groups excluding carboxylic acids is 1. The molecule has 0 fully saturated rings. The number of hydrogen-bond donors (Lipinski definition) is 1. The van der Waals surface area contributed by atoms with Gasteiger partial charge in [-0.05, 0) is 25.8 Å². The number of aliphatic hydroxyl groups is 1. The maximum atomic E-state index is 12.8. The molecule has 0 saturated carbocycles. The summed E-state index contributed by atoms with van der Waals surface area (Å²) in [5, 5.41) is 11.6. The molecule has 4 heteroatoms. The summed E-state index contributed by atoms with van der Waals surface area (Å²) in [4.78, 5) is 16.2. The van der Waals surface area contributed by atoms with E-state index in [1.807, 2.05) is 18.2 Å². The van der Waals surface area contributed by atoms with Crippen molar-refractivity contribution in [3.05, 3.63) is 56.6 Å². The second-order valence-corrected chi connectivity index (χ2v) is 6.99. The number of nitrogens with zero attached hydrogens (tertiary/aromatic N) is 1. The minimum absolute atomic E-state index is 0.0328. The zero-order valence-corrected chi connectivity index (χ0v) is 14.0. The quantitative estimate of drug-likeness (QED) is 0.848. The number of fused-ring (bicyclic) bond motifs is 1. The van der Waals surface area contributed by atoms with E-state index in [2.05, 4.69) is 25.7 Å². The van der Waals surface area contributed by atoms with Crippen molar-refractivity contribution in [1.29, 1.82) is 0 Å². The first-order valence-electron chi connectivity index (χ1n) is 7.75. The lowest BCUT2D eigenvalue weighted by Gasteiger charge is -2.23. The molecule has 0 radical (unpaired) electrons. The van der Waals surface area contributed by atoms with Crippen LogP contribution in [0.25, 0.3) is 0 Å². The van der Waals surface area contributed by atoms with Crippen molar-refractivity contribution in [2.24, 2.45) is 0 Å². The maximum absolute atomic E-state index is 12.8. The summed E-state index contributed by atoms with van der Waals surface area (Å²) in [6.07, 6.45) is 1.36. The van der Waals surface area contributed by atoms with Crippen molar-refractivity contribution in [1.82, 2.24) is 4.90 Å². The lowest BCUT2D eigenvalue weighted by Crippen LogP contribution is -2.21. The van der Waals surface area contributed by atoms with Crippen LogP contribution in [-0.4, -0.2) is 22.3 Å². The Labute approximate surface area is 135 Å². The van der Waals surface area contributed by atoms with E-state index >= 15 is 0 Å². The van der Waals surface area contributed by atoms with E-state index in [9.17, 15) is 9.90 Å². The van der Waals surface area contributed by atoms with Gasteiger partial charge in [-0.1, -0.05) is 49.4 Å². The van der Waals surface area contributed by atoms with E-state index in [-0.39, 0.29) is 5.78 Å². The highest BCUT2D eigenvalue weighted by atomic mass is 32.2. The van der Waals surface area contributed by atoms with Gasteiger partial charge in [0.2, 0.25) is 0 Å². The molecule has 1 heterocycles. The van der Waals surface area contributed by atoms with E-state index in [0.29, 0.717) is 11.1 Å². The number of unbranched alkanes of at least 4 members (excludes halogenated alkanes) is 1. The molecular weight excluding hydrogens is 294 g/mol. The summed E-state index contributed by atoms with van der Waals surface area (Å²) in [5.41, 5.74) is 3.10. The third kappa shape index (κ3) is 2.31. The van der Waals surface area contributed by atoms with Gasteiger partial charge in [0.05, 0.1) is 10.6 Å². The van der Waals surface area contributed by atoms with Crippen molar-refractivity contribution in [3.63, 3.8) is 0 Å². The average molecular weight is 315 g/mol. The second kappa shape index (κ2) is 5.94. The average Bonchev–Trinajstić information content (AvgIpc) is 2.93. The molecule has 1 aliphatic carbocycles. The number of hydrogen-bond acceptors (Lipinski definition) is 4. The molecule has 1 atom stereocenters. The highest BCUT2D eigenvalue weighted by molar-refractivity contribution is 8.07. The molecule has 1 unspecified atom stereocenters. The van der Waals surface area contributed by atoms with E-state index in [0.717, 1.165) is 30.0 Å². The Morgan fingerprint density at radius 2 is 2.00 bits per heavy atom. The van der Waals surface area contributed by atoms with Gasteiger partial charge < -0.3 is 10.0 Å². The van der Waals surface area contributed by atoms with Crippen LogP contribution < -0.4 is 0 Å². The third-order valence-electron chi connectivity index (χ3n) is 4.39. The van der Waals surface area contributed by atoms with Gasteiger partial charge in [0.25, 0.3) is 0 Å². The molecule has 0 spiro atoms. The van der Waals surface area contributed by atoms with E-state index in [1.165, 1.54) is 10.6 Å². The topological polar surface area (TPSA) is 40.5 Å². The summed E-state index contributed by atoms with van der Waals surface area (Å²) in [7, 11) is 0. The molecule has 1 aliphatic heterocycles. The van der Waals surface area contributed by atoms with E-state index in [4.69, 9.17) is 0 Å². The standard InChI is InChI=1S/C18H21NO2S/c1-4-5-10-19-11(2)12(3)22-18(19)15-16(20)13-8-6-7-9-14(13)17(15)21/h6-9,16,20H,4-5,10H2,1-3H3. The van der Waals surface area contributed by atoms with Crippen LogP contribution in [0.2, 0.25) is 0 Å². The maximum Gasteiger partial charge on any atom is 0.195 e. The van der Waals surface area contributed by atoms with Gasteiger partial charge in [0.15, 0.2) is 5.78 Å². The molecule has 22 heavy (non-hydrogen) atoms. The first-order valence-corrected chi connectivity index (χ1v) is 8.56. The first-order chi connectivity index (χ1) is 10.6. The van der Waals surface area contributed by atoms with Gasteiger partial charge in [-0.15, -0.1) is 0 Å². The summed E-state index contributed by atoms with van der Waals surface area (Å²) in [6.45, 7) is 7.21. The predicted molar refractivity (Wildman–Crippen MR) is 90.3 cm³/mol. The molecule has 3 nitrogen and oxygen atoms in total. The smallest absolute Gasteiger partial charge is 0.195 e. The van der Waals surface area contributed by atoms with Crippen LogP contribution in [0.15, 0.2) is 45.5 Å². The highest BCUT2D eigenvalue weighted by Gasteiger charge is 2.39. The fraction of sp³-hybridized carbons (Fsp3) is 0.389. The van der Waals surface area contributed by atoms with Crippen LogP contribution in [-0.2, 0) is 0 Å². The molecule has 2 aliphatic rings. The highest BCUT2D eigenvalue weighted by Crippen LogP contribution is 2.48. The fourth-order valence-corrected chi connectivity index (χ4v) is 4.18. The number of aliphatic hydroxyl groups excluding tert-OH is 1. The van der Waals surface area contributed by atoms with Crippen molar-refractivity contribution in [3.8, 4) is 0 Å². The van der Waals surface area contributed by atoms with Crippen LogP contribution in [0.1, 0.15) is 55.6 Å². The summed E-state index contributed by atoms with van der Waals surface area (Å²) in [6, 6.07) is 7.36. The molecule has 0 aromatic heterocycles. The van der Waals surface area contributed by atoms with E-state index < -0.39 is 6.10 Å². The summed E-state index contributed by atoms with van der Waals surface area (Å²) < 4.78 is 0. The van der Waals surface area contributed by atoms with Gasteiger partial charge in [-0.25, -0.2) is 0 Å². The van der Waals surface area contributed by atoms with Gasteiger partial charge in [0.1, 0.15) is 6.10 Å². The van der Waals surface area contributed by atoms with Crippen LogP contribution in [0.5, 0.6) is 0 Å².